The average molecular weight is 322 g/mol. The lowest BCUT2D eigenvalue weighted by Gasteiger charge is -2.32. The van der Waals surface area contributed by atoms with Gasteiger partial charge in [0.05, 0.1) is 18.1 Å². The maximum Gasteiger partial charge on any atom is 0.230 e. The van der Waals surface area contributed by atoms with Crippen molar-refractivity contribution in [2.24, 2.45) is 5.92 Å². The first-order valence-electron chi connectivity index (χ1n) is 8.55. The van der Waals surface area contributed by atoms with E-state index >= 15 is 0 Å². The molecule has 2 bridgehead atoms. The fourth-order valence-corrected chi connectivity index (χ4v) is 3.74. The van der Waals surface area contributed by atoms with Crippen LogP contribution in [0, 0.1) is 5.92 Å². The molecule has 124 valence electrons. The number of amides is 1. The molecule has 2 aliphatic heterocycles. The highest BCUT2D eigenvalue weighted by Crippen LogP contribution is 2.33. The molecule has 4 heteroatoms. The Morgan fingerprint density at radius 1 is 1.04 bits per heavy atom. The number of rotatable bonds is 4. The Labute approximate surface area is 142 Å². The summed E-state index contributed by atoms with van der Waals surface area (Å²) in [6.07, 6.45) is 0.976. The van der Waals surface area contributed by atoms with Gasteiger partial charge in [-0.3, -0.25) is 9.69 Å². The number of para-hydroxylation sites is 1. The average Bonchev–Trinajstić information content (AvgIpc) is 2.91. The molecule has 2 aromatic carbocycles. The topological polar surface area (TPSA) is 41.6 Å². The second-order valence-corrected chi connectivity index (χ2v) is 6.67. The normalized spacial score (nSPS) is 26.2. The molecule has 0 saturated carbocycles. The Morgan fingerprint density at radius 3 is 2.50 bits per heavy atom. The second-order valence-electron chi connectivity index (χ2n) is 6.67. The predicted octanol–water partition coefficient (Wildman–Crippen LogP) is 2.91. The number of hydrogen-bond acceptors (Lipinski definition) is 3. The van der Waals surface area contributed by atoms with Gasteiger partial charge in [0, 0.05) is 25.3 Å². The van der Waals surface area contributed by atoms with Crippen molar-refractivity contribution in [3.8, 4) is 0 Å². The summed E-state index contributed by atoms with van der Waals surface area (Å²) >= 11 is 0. The summed E-state index contributed by atoms with van der Waals surface area (Å²) in [7, 11) is 0. The molecule has 2 saturated heterocycles. The number of likely N-dealkylation sites (tertiary alicyclic amines) is 1. The molecule has 1 N–H and O–H groups in total. The summed E-state index contributed by atoms with van der Waals surface area (Å²) in [5.41, 5.74) is 2.16. The Bertz CT molecular complexity index is 689. The highest BCUT2D eigenvalue weighted by molar-refractivity contribution is 5.93. The highest BCUT2D eigenvalue weighted by Gasteiger charge is 2.44. The summed E-state index contributed by atoms with van der Waals surface area (Å²) < 4.78 is 6.03. The van der Waals surface area contributed by atoms with Crippen LogP contribution in [0.1, 0.15) is 12.0 Å². The zero-order valence-corrected chi connectivity index (χ0v) is 13.6. The Hall–Kier alpha value is -2.17. The lowest BCUT2D eigenvalue weighted by Crippen LogP contribution is -2.44. The number of anilines is 1. The molecule has 2 fully saturated rings. The molecule has 1 amide bonds. The second kappa shape index (κ2) is 6.75. The number of nitrogens with one attached hydrogen (secondary N) is 1. The Balaban J connectivity index is 1.39. The zero-order chi connectivity index (χ0) is 16.4. The summed E-state index contributed by atoms with van der Waals surface area (Å²) in [5, 5.41) is 3.02. The van der Waals surface area contributed by atoms with E-state index in [1.54, 1.807) is 0 Å². The van der Waals surface area contributed by atoms with Gasteiger partial charge in [-0.2, -0.15) is 0 Å². The lowest BCUT2D eigenvalue weighted by molar-refractivity contribution is -0.123. The number of ether oxygens (including phenoxy) is 1. The van der Waals surface area contributed by atoms with Crippen LogP contribution >= 0.6 is 0 Å². The molecule has 0 spiro atoms. The van der Waals surface area contributed by atoms with Crippen LogP contribution in [0.5, 0.6) is 0 Å². The number of hydrogen-bond donors (Lipinski definition) is 1. The van der Waals surface area contributed by atoms with Gasteiger partial charge in [-0.25, -0.2) is 0 Å². The first-order chi connectivity index (χ1) is 11.8. The van der Waals surface area contributed by atoms with E-state index in [4.69, 9.17) is 4.74 Å². The molecule has 0 aliphatic carbocycles. The van der Waals surface area contributed by atoms with Crippen molar-refractivity contribution >= 4 is 11.6 Å². The standard InChI is InChI=1S/C20H22N2O2/c23-20(21-16-9-5-2-6-10-16)18-11-17-13-22(14-19(18)24-17)12-15-7-3-1-4-8-15/h1-10,17-19H,11-14H2,(H,21,23)/t17-,18-,19+/m0/s1. The SMILES string of the molecule is O=C(Nc1ccccc1)[C@H]1C[C@H]2CN(Cc3ccccc3)C[C@H]1O2. The molecule has 24 heavy (non-hydrogen) atoms. The van der Waals surface area contributed by atoms with Gasteiger partial charge in [-0.05, 0) is 24.1 Å². The Morgan fingerprint density at radius 2 is 1.75 bits per heavy atom. The van der Waals surface area contributed by atoms with E-state index in [1.165, 1.54) is 5.56 Å². The van der Waals surface area contributed by atoms with Crippen molar-refractivity contribution in [3.63, 3.8) is 0 Å². The van der Waals surface area contributed by atoms with Crippen molar-refractivity contribution in [1.29, 1.82) is 0 Å². The minimum atomic E-state index is -0.0593. The molecule has 0 unspecified atom stereocenters. The van der Waals surface area contributed by atoms with Crippen molar-refractivity contribution in [1.82, 2.24) is 4.90 Å². The minimum Gasteiger partial charge on any atom is -0.371 e. The van der Waals surface area contributed by atoms with Crippen LogP contribution < -0.4 is 5.32 Å². The van der Waals surface area contributed by atoms with Crippen LogP contribution in [0.15, 0.2) is 60.7 Å². The Kier molecular flexibility index (Phi) is 4.32. The summed E-state index contributed by atoms with van der Waals surface area (Å²) in [4.78, 5) is 15.0. The van der Waals surface area contributed by atoms with E-state index < -0.39 is 0 Å². The number of nitrogens with zero attached hydrogens (tertiary/aromatic N) is 1. The van der Waals surface area contributed by atoms with Gasteiger partial charge in [0.25, 0.3) is 0 Å². The fraction of sp³-hybridized carbons (Fsp3) is 0.350. The molecule has 0 radical (unpaired) electrons. The van der Waals surface area contributed by atoms with E-state index in [9.17, 15) is 4.79 Å². The molecule has 3 atom stereocenters. The van der Waals surface area contributed by atoms with Gasteiger partial charge < -0.3 is 10.1 Å². The van der Waals surface area contributed by atoms with Crippen molar-refractivity contribution in [2.75, 3.05) is 18.4 Å². The van der Waals surface area contributed by atoms with E-state index in [0.29, 0.717) is 0 Å². The molecule has 2 aliphatic rings. The van der Waals surface area contributed by atoms with Gasteiger partial charge in [0.2, 0.25) is 5.91 Å². The van der Waals surface area contributed by atoms with Crippen molar-refractivity contribution in [3.05, 3.63) is 66.2 Å². The first kappa shape index (κ1) is 15.4. The predicted molar refractivity (Wildman–Crippen MR) is 93.6 cm³/mol. The maximum absolute atomic E-state index is 12.6. The molecule has 0 aromatic heterocycles. The molecule has 2 aromatic rings. The van der Waals surface area contributed by atoms with Gasteiger partial charge in [-0.15, -0.1) is 0 Å². The van der Waals surface area contributed by atoms with Gasteiger partial charge in [-0.1, -0.05) is 48.5 Å². The van der Waals surface area contributed by atoms with E-state index in [0.717, 1.165) is 31.7 Å². The molecular weight excluding hydrogens is 300 g/mol. The highest BCUT2D eigenvalue weighted by atomic mass is 16.5. The van der Waals surface area contributed by atoms with Crippen molar-refractivity contribution < 1.29 is 9.53 Å². The molecule has 4 nitrogen and oxygen atoms in total. The van der Waals surface area contributed by atoms with Gasteiger partial charge >= 0.3 is 0 Å². The summed E-state index contributed by atoms with van der Waals surface area (Å²) in [5.74, 6) is 0.0197. The third-order valence-corrected chi connectivity index (χ3v) is 4.86. The number of carbonyl (C=O) groups excluding carboxylic acids is 1. The lowest BCUT2D eigenvalue weighted by atomic mass is 9.99. The number of benzene rings is 2. The first-order valence-corrected chi connectivity index (χ1v) is 8.55. The van der Waals surface area contributed by atoms with Crippen molar-refractivity contribution in [2.45, 2.75) is 25.2 Å². The molecule has 4 rings (SSSR count). The zero-order valence-electron chi connectivity index (χ0n) is 13.6. The summed E-state index contributed by atoms with van der Waals surface area (Å²) in [6, 6.07) is 20.1. The van der Waals surface area contributed by atoms with E-state index in [2.05, 4.69) is 34.5 Å². The molecule has 2 heterocycles. The molecular formula is C20H22N2O2. The van der Waals surface area contributed by atoms with E-state index in [-0.39, 0.29) is 24.0 Å². The van der Waals surface area contributed by atoms with Gasteiger partial charge in [0.15, 0.2) is 0 Å². The van der Waals surface area contributed by atoms with Crippen LogP contribution in [0.2, 0.25) is 0 Å². The van der Waals surface area contributed by atoms with Crippen LogP contribution in [-0.2, 0) is 16.1 Å². The number of fused-ring (bicyclic) bond motifs is 2. The smallest absolute Gasteiger partial charge is 0.230 e. The van der Waals surface area contributed by atoms with Crippen LogP contribution in [-0.4, -0.2) is 36.1 Å². The minimum absolute atomic E-state index is 0.00354. The van der Waals surface area contributed by atoms with Crippen LogP contribution in [0.4, 0.5) is 5.69 Å². The van der Waals surface area contributed by atoms with E-state index in [1.807, 2.05) is 36.4 Å². The van der Waals surface area contributed by atoms with Crippen LogP contribution in [0.3, 0.4) is 0 Å². The largest absolute Gasteiger partial charge is 0.371 e. The van der Waals surface area contributed by atoms with Crippen LogP contribution in [0.25, 0.3) is 0 Å². The fourth-order valence-electron chi connectivity index (χ4n) is 3.74. The third kappa shape index (κ3) is 3.35. The monoisotopic (exact) mass is 322 g/mol. The van der Waals surface area contributed by atoms with Gasteiger partial charge in [0.1, 0.15) is 0 Å². The quantitative estimate of drug-likeness (QED) is 0.941. The maximum atomic E-state index is 12.6. The third-order valence-electron chi connectivity index (χ3n) is 4.86. The number of morpholine rings is 1. The number of carbonyl (C=O) groups is 1. The summed E-state index contributed by atoms with van der Waals surface area (Å²) in [6.45, 7) is 2.64.